The lowest BCUT2D eigenvalue weighted by Crippen LogP contribution is -1.93. The first-order valence-corrected chi connectivity index (χ1v) is 17.3. The van der Waals surface area contributed by atoms with E-state index in [2.05, 4.69) is 206 Å². The highest BCUT2D eigenvalue weighted by molar-refractivity contribution is 6.22. The minimum Gasteiger partial charge on any atom is -0.0622 e. The Balaban J connectivity index is 1.26. The molecule has 0 aliphatic carbocycles. The van der Waals surface area contributed by atoms with Gasteiger partial charge in [-0.3, -0.25) is 0 Å². The van der Waals surface area contributed by atoms with Gasteiger partial charge in [-0.25, -0.2) is 0 Å². The van der Waals surface area contributed by atoms with Crippen molar-refractivity contribution < 1.29 is 0 Å². The third-order valence-electron chi connectivity index (χ3n) is 9.89. The summed E-state index contributed by atoms with van der Waals surface area (Å²) in [6.45, 7) is 0. The molecule has 0 aliphatic rings. The summed E-state index contributed by atoms with van der Waals surface area (Å²) in [5.41, 5.74) is 14.7. The van der Waals surface area contributed by atoms with Crippen LogP contribution in [-0.4, -0.2) is 0 Å². The minimum absolute atomic E-state index is 1.20. The van der Waals surface area contributed by atoms with E-state index in [9.17, 15) is 0 Å². The molecular weight excluding hydrogens is 601 g/mol. The zero-order valence-electron chi connectivity index (χ0n) is 27.6. The molecule has 0 nitrogen and oxygen atoms in total. The Morgan fingerprint density at radius 2 is 0.540 bits per heavy atom. The number of hydrogen-bond donors (Lipinski definition) is 0. The standard InChI is InChI=1S/C50H34/c1-4-15-35(16-5-1)37-27-29-39(30-28-37)49-43-23-10-12-25-45(43)50(46-26-13-11-24-44(46)49)47-32-31-42(34-48(47)38-19-8-3-9-20-38)41-22-14-21-40(33-41)36-17-6-2-7-18-36/h1-34H. The van der Waals surface area contributed by atoms with Crippen LogP contribution in [0.15, 0.2) is 206 Å². The Kier molecular flexibility index (Phi) is 7.61. The summed E-state index contributed by atoms with van der Waals surface area (Å²) >= 11 is 0. The molecule has 0 aromatic heterocycles. The van der Waals surface area contributed by atoms with Crippen molar-refractivity contribution in [2.24, 2.45) is 0 Å². The van der Waals surface area contributed by atoms with Gasteiger partial charge in [0, 0.05) is 0 Å². The van der Waals surface area contributed by atoms with E-state index in [1.807, 2.05) is 0 Å². The van der Waals surface area contributed by atoms with Crippen molar-refractivity contribution >= 4 is 21.5 Å². The smallest absolute Gasteiger partial charge is 0.00201 e. The second-order valence-corrected chi connectivity index (χ2v) is 12.9. The second-order valence-electron chi connectivity index (χ2n) is 12.9. The van der Waals surface area contributed by atoms with Crippen LogP contribution in [0.25, 0.3) is 88.3 Å². The van der Waals surface area contributed by atoms with E-state index in [4.69, 9.17) is 0 Å². The third-order valence-corrected chi connectivity index (χ3v) is 9.89. The fourth-order valence-electron chi connectivity index (χ4n) is 7.50. The van der Waals surface area contributed by atoms with Gasteiger partial charge in [-0.1, -0.05) is 194 Å². The van der Waals surface area contributed by atoms with Crippen LogP contribution in [0.4, 0.5) is 0 Å². The normalized spacial score (nSPS) is 11.2. The molecule has 9 rings (SSSR count). The van der Waals surface area contributed by atoms with E-state index in [-0.39, 0.29) is 0 Å². The van der Waals surface area contributed by atoms with Crippen LogP contribution in [0.3, 0.4) is 0 Å². The maximum Gasteiger partial charge on any atom is -0.00201 e. The topological polar surface area (TPSA) is 0 Å². The van der Waals surface area contributed by atoms with Crippen molar-refractivity contribution in [2.75, 3.05) is 0 Å². The highest BCUT2D eigenvalue weighted by atomic mass is 14.2. The van der Waals surface area contributed by atoms with Crippen molar-refractivity contribution in [3.8, 4) is 66.8 Å². The van der Waals surface area contributed by atoms with Gasteiger partial charge in [0.2, 0.25) is 0 Å². The molecule has 0 amide bonds. The van der Waals surface area contributed by atoms with E-state index >= 15 is 0 Å². The summed E-state index contributed by atoms with van der Waals surface area (Å²) in [6.07, 6.45) is 0. The molecule has 0 atom stereocenters. The Morgan fingerprint density at radius 1 is 0.180 bits per heavy atom. The van der Waals surface area contributed by atoms with Crippen molar-refractivity contribution in [3.63, 3.8) is 0 Å². The largest absolute Gasteiger partial charge is 0.0622 e. The van der Waals surface area contributed by atoms with Crippen LogP contribution >= 0.6 is 0 Å². The molecule has 0 aliphatic heterocycles. The average molecular weight is 635 g/mol. The van der Waals surface area contributed by atoms with E-state index in [0.717, 1.165) is 0 Å². The SMILES string of the molecule is c1ccc(-c2ccc(-c3c4ccccc4c(-c4ccc(-c5cccc(-c6ccccc6)c5)cc4-c4ccccc4)c4ccccc34)cc2)cc1. The lowest BCUT2D eigenvalue weighted by molar-refractivity contribution is 1.57. The number of benzene rings is 9. The fraction of sp³-hybridized carbons (Fsp3) is 0. The van der Waals surface area contributed by atoms with Crippen LogP contribution in [0.1, 0.15) is 0 Å². The molecule has 0 fully saturated rings. The molecule has 9 aromatic carbocycles. The van der Waals surface area contributed by atoms with Gasteiger partial charge < -0.3 is 0 Å². The number of fused-ring (bicyclic) bond motifs is 2. The van der Waals surface area contributed by atoms with Gasteiger partial charge in [-0.2, -0.15) is 0 Å². The van der Waals surface area contributed by atoms with Crippen molar-refractivity contribution in [1.82, 2.24) is 0 Å². The van der Waals surface area contributed by atoms with Crippen LogP contribution in [-0.2, 0) is 0 Å². The highest BCUT2D eigenvalue weighted by Gasteiger charge is 2.19. The Hall–Kier alpha value is -6.50. The lowest BCUT2D eigenvalue weighted by Gasteiger charge is -2.20. The van der Waals surface area contributed by atoms with Crippen LogP contribution in [0.2, 0.25) is 0 Å². The van der Waals surface area contributed by atoms with Crippen molar-refractivity contribution in [2.45, 2.75) is 0 Å². The highest BCUT2D eigenvalue weighted by Crippen LogP contribution is 2.47. The number of hydrogen-bond acceptors (Lipinski definition) is 0. The summed E-state index contributed by atoms with van der Waals surface area (Å²) in [7, 11) is 0. The third kappa shape index (κ3) is 5.38. The van der Waals surface area contributed by atoms with Crippen LogP contribution in [0.5, 0.6) is 0 Å². The average Bonchev–Trinajstić information content (AvgIpc) is 3.21. The zero-order chi connectivity index (χ0) is 33.3. The predicted molar refractivity (Wildman–Crippen MR) is 214 cm³/mol. The van der Waals surface area contributed by atoms with E-state index in [0.29, 0.717) is 0 Å². The zero-order valence-corrected chi connectivity index (χ0v) is 27.6. The molecule has 0 heteroatoms. The van der Waals surface area contributed by atoms with Crippen molar-refractivity contribution in [1.29, 1.82) is 0 Å². The molecule has 0 spiro atoms. The van der Waals surface area contributed by atoms with Crippen LogP contribution in [0, 0.1) is 0 Å². The fourth-order valence-corrected chi connectivity index (χ4v) is 7.50. The molecule has 0 radical (unpaired) electrons. The Morgan fingerprint density at radius 3 is 1.10 bits per heavy atom. The second kappa shape index (κ2) is 12.8. The van der Waals surface area contributed by atoms with Gasteiger partial charge in [0.1, 0.15) is 0 Å². The van der Waals surface area contributed by atoms with Gasteiger partial charge in [-0.05, 0) is 100 Å². The monoisotopic (exact) mass is 634 g/mol. The molecule has 0 bridgehead atoms. The molecule has 0 saturated heterocycles. The summed E-state index contributed by atoms with van der Waals surface area (Å²) in [5.74, 6) is 0. The quantitative estimate of drug-likeness (QED) is 0.160. The molecule has 50 heavy (non-hydrogen) atoms. The van der Waals surface area contributed by atoms with Gasteiger partial charge in [0.15, 0.2) is 0 Å². The molecule has 0 unspecified atom stereocenters. The number of rotatable bonds is 6. The Bertz CT molecular complexity index is 2540. The first-order chi connectivity index (χ1) is 24.8. The van der Waals surface area contributed by atoms with Crippen molar-refractivity contribution in [3.05, 3.63) is 206 Å². The summed E-state index contributed by atoms with van der Waals surface area (Å²) in [5, 5.41) is 5.02. The maximum atomic E-state index is 2.38. The summed E-state index contributed by atoms with van der Waals surface area (Å²) in [4.78, 5) is 0. The molecule has 0 N–H and O–H groups in total. The first kappa shape index (κ1) is 29.6. The van der Waals surface area contributed by atoms with Gasteiger partial charge in [0.25, 0.3) is 0 Å². The molecule has 0 heterocycles. The molecule has 234 valence electrons. The summed E-state index contributed by atoms with van der Waals surface area (Å²) in [6, 6.07) is 74.9. The van der Waals surface area contributed by atoms with Crippen LogP contribution < -0.4 is 0 Å². The lowest BCUT2D eigenvalue weighted by atomic mass is 9.83. The molecular formula is C50H34. The van der Waals surface area contributed by atoms with Gasteiger partial charge in [0.05, 0.1) is 0 Å². The Labute approximate surface area is 293 Å². The van der Waals surface area contributed by atoms with Gasteiger partial charge >= 0.3 is 0 Å². The molecule has 9 aromatic rings. The predicted octanol–water partition coefficient (Wildman–Crippen LogP) is 14.0. The first-order valence-electron chi connectivity index (χ1n) is 17.3. The minimum atomic E-state index is 1.20. The van der Waals surface area contributed by atoms with E-state index < -0.39 is 0 Å². The summed E-state index contributed by atoms with van der Waals surface area (Å²) < 4.78 is 0. The molecule has 0 saturated carbocycles. The van der Waals surface area contributed by atoms with E-state index in [1.54, 1.807) is 0 Å². The maximum absolute atomic E-state index is 2.38. The van der Waals surface area contributed by atoms with E-state index in [1.165, 1.54) is 88.3 Å². The van der Waals surface area contributed by atoms with Gasteiger partial charge in [-0.15, -0.1) is 0 Å².